The molecule has 28 heavy (non-hydrogen) atoms. The summed E-state index contributed by atoms with van der Waals surface area (Å²) in [5, 5.41) is 14.2. The van der Waals surface area contributed by atoms with Crippen molar-refractivity contribution in [1.29, 1.82) is 0 Å². The highest BCUT2D eigenvalue weighted by molar-refractivity contribution is 6.31. The van der Waals surface area contributed by atoms with Crippen molar-refractivity contribution in [3.8, 4) is 11.4 Å². The summed E-state index contributed by atoms with van der Waals surface area (Å²) in [5.41, 5.74) is -0.689. The van der Waals surface area contributed by atoms with Gasteiger partial charge in [-0.1, -0.05) is 35.3 Å². The normalized spacial score (nSPS) is 11.3. The van der Waals surface area contributed by atoms with E-state index in [1.807, 2.05) is 0 Å². The number of aromatic nitrogens is 2. The molecule has 3 rings (SSSR count). The fraction of sp³-hybridized carbons (Fsp3) is 0.0588. The Morgan fingerprint density at radius 1 is 1.00 bits per heavy atom. The first-order chi connectivity index (χ1) is 13.1. The molecule has 0 radical (unpaired) electrons. The van der Waals surface area contributed by atoms with Crippen LogP contribution in [-0.4, -0.2) is 14.9 Å². The van der Waals surface area contributed by atoms with Gasteiger partial charge < -0.3 is 5.32 Å². The van der Waals surface area contributed by atoms with Crippen LogP contribution >= 0.6 is 23.2 Å². The molecule has 1 heterocycles. The van der Waals surface area contributed by atoms with Crippen LogP contribution in [-0.2, 0) is 6.18 Å². The standard InChI is InChI=1S/C17H9Cl2F3N4O2/c18-11-5-6-13(26(27)28)12(7-11)23-15-8-14(19)24-16(25-15)9-1-3-10(4-2-9)17(20,21)22/h1-8H,(H,23,24,25). The molecule has 0 amide bonds. The number of hydrogen-bond donors (Lipinski definition) is 1. The molecular formula is C17H9Cl2F3N4O2. The summed E-state index contributed by atoms with van der Waals surface area (Å²) in [5.74, 6) is 0.161. The van der Waals surface area contributed by atoms with Crippen molar-refractivity contribution in [2.75, 3.05) is 5.32 Å². The molecular weight excluding hydrogens is 420 g/mol. The van der Waals surface area contributed by atoms with Gasteiger partial charge in [0.15, 0.2) is 5.82 Å². The molecule has 11 heteroatoms. The van der Waals surface area contributed by atoms with Gasteiger partial charge in [0.25, 0.3) is 5.69 Å². The number of nitro benzene ring substituents is 1. The molecule has 0 aliphatic heterocycles. The van der Waals surface area contributed by atoms with Gasteiger partial charge >= 0.3 is 6.18 Å². The third-order valence-electron chi connectivity index (χ3n) is 3.58. The average molecular weight is 429 g/mol. The Hall–Kier alpha value is -2.91. The van der Waals surface area contributed by atoms with E-state index < -0.39 is 16.7 Å². The first-order valence-corrected chi connectivity index (χ1v) is 8.32. The average Bonchev–Trinajstić information content (AvgIpc) is 2.60. The third-order valence-corrected chi connectivity index (χ3v) is 4.01. The second-order valence-corrected chi connectivity index (χ2v) is 6.34. The topological polar surface area (TPSA) is 81.0 Å². The summed E-state index contributed by atoms with van der Waals surface area (Å²) in [4.78, 5) is 18.7. The summed E-state index contributed by atoms with van der Waals surface area (Å²) >= 11 is 11.9. The third kappa shape index (κ3) is 4.49. The first-order valence-electron chi connectivity index (χ1n) is 7.56. The van der Waals surface area contributed by atoms with Gasteiger partial charge in [-0.05, 0) is 24.3 Å². The first kappa shape index (κ1) is 19.8. The van der Waals surface area contributed by atoms with E-state index in [-0.39, 0.29) is 33.2 Å². The number of alkyl halides is 3. The summed E-state index contributed by atoms with van der Waals surface area (Å²) in [6.07, 6.45) is -4.47. The molecule has 0 fully saturated rings. The smallest absolute Gasteiger partial charge is 0.334 e. The van der Waals surface area contributed by atoms with Crippen LogP contribution in [0, 0.1) is 10.1 Å². The molecule has 1 N–H and O–H groups in total. The van der Waals surface area contributed by atoms with Gasteiger partial charge in [-0.25, -0.2) is 9.97 Å². The molecule has 0 unspecified atom stereocenters. The maximum atomic E-state index is 12.7. The Labute approximate surface area is 166 Å². The Balaban J connectivity index is 1.97. The van der Waals surface area contributed by atoms with Crippen molar-refractivity contribution in [2.24, 2.45) is 0 Å². The van der Waals surface area contributed by atoms with Gasteiger partial charge in [-0.15, -0.1) is 0 Å². The fourth-order valence-electron chi connectivity index (χ4n) is 2.32. The van der Waals surface area contributed by atoms with E-state index in [0.29, 0.717) is 5.56 Å². The predicted octanol–water partition coefficient (Wildman–Crippen LogP) is 6.12. The number of rotatable bonds is 4. The minimum atomic E-state index is -4.47. The molecule has 0 bridgehead atoms. The Morgan fingerprint density at radius 2 is 1.68 bits per heavy atom. The number of benzene rings is 2. The molecule has 0 aliphatic rings. The zero-order valence-electron chi connectivity index (χ0n) is 13.7. The van der Waals surface area contributed by atoms with Crippen LogP contribution in [0.15, 0.2) is 48.5 Å². The van der Waals surface area contributed by atoms with Crippen LogP contribution in [0.1, 0.15) is 5.56 Å². The van der Waals surface area contributed by atoms with Gasteiger partial charge in [-0.2, -0.15) is 13.2 Å². The summed E-state index contributed by atoms with van der Waals surface area (Å²) in [7, 11) is 0. The van der Waals surface area contributed by atoms with Crippen LogP contribution in [0.25, 0.3) is 11.4 Å². The van der Waals surface area contributed by atoms with E-state index in [1.165, 1.54) is 36.4 Å². The monoisotopic (exact) mass is 428 g/mol. The Morgan fingerprint density at radius 3 is 2.29 bits per heavy atom. The van der Waals surface area contributed by atoms with Crippen molar-refractivity contribution in [2.45, 2.75) is 6.18 Å². The summed E-state index contributed by atoms with van der Waals surface area (Å²) in [6.45, 7) is 0. The van der Waals surface area contributed by atoms with Gasteiger partial charge in [0.2, 0.25) is 0 Å². The lowest BCUT2D eigenvalue weighted by atomic mass is 10.1. The molecule has 0 saturated heterocycles. The zero-order chi connectivity index (χ0) is 20.5. The fourth-order valence-corrected chi connectivity index (χ4v) is 2.68. The van der Waals surface area contributed by atoms with Crippen LogP contribution in [0.2, 0.25) is 10.2 Å². The summed E-state index contributed by atoms with van der Waals surface area (Å²) < 4.78 is 38.1. The Kier molecular flexibility index (Phi) is 5.39. The predicted molar refractivity (Wildman–Crippen MR) is 98.9 cm³/mol. The van der Waals surface area contributed by atoms with Crippen molar-refractivity contribution in [3.63, 3.8) is 0 Å². The van der Waals surface area contributed by atoms with Crippen molar-refractivity contribution >= 4 is 40.4 Å². The molecule has 0 aliphatic carbocycles. The van der Waals surface area contributed by atoms with E-state index >= 15 is 0 Å². The Bertz CT molecular complexity index is 1040. The lowest BCUT2D eigenvalue weighted by Crippen LogP contribution is -2.04. The van der Waals surface area contributed by atoms with Crippen molar-refractivity contribution < 1.29 is 18.1 Å². The number of nitrogens with one attached hydrogen (secondary N) is 1. The molecule has 2 aromatic carbocycles. The minimum Gasteiger partial charge on any atom is -0.334 e. The van der Waals surface area contributed by atoms with Crippen molar-refractivity contribution in [3.05, 3.63) is 74.4 Å². The van der Waals surface area contributed by atoms with E-state index in [2.05, 4.69) is 15.3 Å². The maximum absolute atomic E-state index is 12.7. The van der Waals surface area contributed by atoms with Gasteiger partial charge in [0.05, 0.1) is 10.5 Å². The quantitative estimate of drug-likeness (QED) is 0.307. The van der Waals surface area contributed by atoms with Gasteiger partial charge in [-0.3, -0.25) is 10.1 Å². The molecule has 0 saturated carbocycles. The van der Waals surface area contributed by atoms with Gasteiger partial charge in [0, 0.05) is 22.7 Å². The molecule has 1 aromatic heterocycles. The highest BCUT2D eigenvalue weighted by Crippen LogP contribution is 2.32. The molecule has 144 valence electrons. The van der Waals surface area contributed by atoms with Crippen LogP contribution in [0.5, 0.6) is 0 Å². The van der Waals surface area contributed by atoms with Crippen LogP contribution in [0.3, 0.4) is 0 Å². The van der Waals surface area contributed by atoms with Crippen LogP contribution < -0.4 is 5.32 Å². The minimum absolute atomic E-state index is 0.00270. The number of nitrogens with zero attached hydrogens (tertiary/aromatic N) is 3. The largest absolute Gasteiger partial charge is 0.416 e. The second kappa shape index (κ2) is 7.61. The van der Waals surface area contributed by atoms with E-state index in [4.69, 9.17) is 23.2 Å². The number of halogens is 5. The summed E-state index contributed by atoms with van der Waals surface area (Å²) in [6, 6.07) is 9.46. The number of nitro groups is 1. The zero-order valence-corrected chi connectivity index (χ0v) is 15.2. The van der Waals surface area contributed by atoms with E-state index in [1.54, 1.807) is 0 Å². The second-order valence-electron chi connectivity index (χ2n) is 5.52. The maximum Gasteiger partial charge on any atom is 0.416 e. The number of anilines is 2. The highest BCUT2D eigenvalue weighted by atomic mass is 35.5. The molecule has 6 nitrogen and oxygen atoms in total. The van der Waals surface area contributed by atoms with Gasteiger partial charge in [0.1, 0.15) is 16.7 Å². The van der Waals surface area contributed by atoms with E-state index in [9.17, 15) is 23.3 Å². The lowest BCUT2D eigenvalue weighted by molar-refractivity contribution is -0.383. The van der Waals surface area contributed by atoms with E-state index in [0.717, 1.165) is 12.1 Å². The highest BCUT2D eigenvalue weighted by Gasteiger charge is 2.30. The number of hydrogen-bond acceptors (Lipinski definition) is 5. The van der Waals surface area contributed by atoms with Crippen molar-refractivity contribution in [1.82, 2.24) is 9.97 Å². The van der Waals surface area contributed by atoms with Crippen LogP contribution in [0.4, 0.5) is 30.4 Å². The lowest BCUT2D eigenvalue weighted by Gasteiger charge is -2.10. The molecule has 3 aromatic rings. The molecule has 0 atom stereocenters. The molecule has 0 spiro atoms. The SMILES string of the molecule is O=[N+]([O-])c1ccc(Cl)cc1Nc1cc(Cl)nc(-c2ccc(C(F)(F)F)cc2)n1.